The maximum absolute atomic E-state index is 6.47. The summed E-state index contributed by atoms with van der Waals surface area (Å²) in [6, 6.07) is 16.4. The Balaban J connectivity index is 1.70. The normalized spacial score (nSPS) is 11.0. The van der Waals surface area contributed by atoms with Crippen molar-refractivity contribution in [3.05, 3.63) is 91.4 Å². The zero-order valence-electron chi connectivity index (χ0n) is 16.7. The summed E-state index contributed by atoms with van der Waals surface area (Å²) in [7, 11) is 0. The van der Waals surface area contributed by atoms with E-state index in [1.165, 1.54) is 0 Å². The van der Waals surface area contributed by atoms with Crippen molar-refractivity contribution < 1.29 is 9.47 Å². The quantitative estimate of drug-likeness (QED) is 0.247. The lowest BCUT2D eigenvalue weighted by molar-refractivity contribution is 0.269. The lowest BCUT2D eigenvalue weighted by atomic mass is 10.2. The Morgan fingerprint density at radius 2 is 1.61 bits per heavy atom. The van der Waals surface area contributed by atoms with Crippen molar-refractivity contribution in [1.29, 1.82) is 0 Å². The van der Waals surface area contributed by atoms with E-state index in [0.717, 1.165) is 16.7 Å². The van der Waals surface area contributed by atoms with Gasteiger partial charge in [-0.05, 0) is 54.4 Å². The van der Waals surface area contributed by atoms with Crippen molar-refractivity contribution in [2.75, 3.05) is 6.61 Å². The fourth-order valence-corrected chi connectivity index (χ4v) is 3.68. The number of hydrazone groups is 1. The van der Waals surface area contributed by atoms with Gasteiger partial charge >= 0.3 is 0 Å². The average molecular weight is 498 g/mol. The summed E-state index contributed by atoms with van der Waals surface area (Å²) in [5.74, 6) is 1.02. The van der Waals surface area contributed by atoms with Crippen LogP contribution in [-0.4, -0.2) is 12.8 Å². The highest BCUT2D eigenvalue weighted by molar-refractivity contribution is 6.36. The van der Waals surface area contributed by atoms with Crippen LogP contribution >= 0.6 is 46.4 Å². The largest absolute Gasteiger partial charge is 0.490 e. The van der Waals surface area contributed by atoms with Gasteiger partial charge in [-0.2, -0.15) is 5.10 Å². The molecule has 8 heteroatoms. The summed E-state index contributed by atoms with van der Waals surface area (Å²) in [6.45, 7) is 3.10. The van der Waals surface area contributed by atoms with Gasteiger partial charge in [0, 0.05) is 20.6 Å². The van der Waals surface area contributed by atoms with E-state index in [4.69, 9.17) is 55.9 Å². The number of hydrogen-bond acceptors (Lipinski definition) is 4. The van der Waals surface area contributed by atoms with Gasteiger partial charge in [0.25, 0.3) is 0 Å². The third-order valence-electron chi connectivity index (χ3n) is 4.25. The van der Waals surface area contributed by atoms with E-state index in [9.17, 15) is 0 Å². The molecule has 31 heavy (non-hydrogen) atoms. The van der Waals surface area contributed by atoms with Crippen LogP contribution in [0.3, 0.4) is 0 Å². The van der Waals surface area contributed by atoms with Gasteiger partial charge in [-0.3, -0.25) is 0 Å². The summed E-state index contributed by atoms with van der Waals surface area (Å²) in [6.07, 6.45) is 1.64. The van der Waals surface area contributed by atoms with Gasteiger partial charge in [0.2, 0.25) is 0 Å². The lowest BCUT2D eigenvalue weighted by Crippen LogP contribution is -2.07. The topological polar surface area (TPSA) is 42.8 Å². The maximum atomic E-state index is 6.47. The highest BCUT2D eigenvalue weighted by Crippen LogP contribution is 2.37. The monoisotopic (exact) mass is 496 g/mol. The molecule has 0 aliphatic carbocycles. The van der Waals surface area contributed by atoms with Crippen LogP contribution in [0.15, 0.2) is 59.7 Å². The summed E-state index contributed by atoms with van der Waals surface area (Å²) in [5.41, 5.74) is 5.45. The van der Waals surface area contributed by atoms with Crippen LogP contribution in [0, 0.1) is 0 Å². The molecule has 0 atom stereocenters. The number of hydrogen-bond donors (Lipinski definition) is 1. The molecule has 0 amide bonds. The van der Waals surface area contributed by atoms with Crippen molar-refractivity contribution in [2.24, 2.45) is 5.10 Å². The molecule has 0 spiro atoms. The highest BCUT2D eigenvalue weighted by atomic mass is 35.5. The zero-order valence-corrected chi connectivity index (χ0v) is 19.7. The minimum Gasteiger partial charge on any atom is -0.490 e. The van der Waals surface area contributed by atoms with Crippen LogP contribution in [0.2, 0.25) is 20.1 Å². The molecule has 162 valence electrons. The fraction of sp³-hybridized carbons (Fsp3) is 0.174. The molecule has 0 unspecified atom stereocenters. The average Bonchev–Trinajstić information content (AvgIpc) is 2.74. The molecular weight excluding hydrogens is 478 g/mol. The molecule has 0 bridgehead atoms. The molecule has 0 aliphatic heterocycles. The first-order valence-corrected chi connectivity index (χ1v) is 11.0. The van der Waals surface area contributed by atoms with Gasteiger partial charge < -0.3 is 14.9 Å². The molecular formula is C23H20Cl4N2O2. The second-order valence-electron chi connectivity index (χ2n) is 6.47. The Hall–Kier alpha value is -2.11. The van der Waals surface area contributed by atoms with Crippen LogP contribution in [0.4, 0.5) is 0 Å². The predicted molar refractivity (Wildman–Crippen MR) is 129 cm³/mol. The van der Waals surface area contributed by atoms with E-state index in [-0.39, 0.29) is 0 Å². The summed E-state index contributed by atoms with van der Waals surface area (Å²) in [4.78, 5) is 0. The first kappa shape index (κ1) is 23.6. The third-order valence-corrected chi connectivity index (χ3v) is 5.49. The third kappa shape index (κ3) is 6.68. The van der Waals surface area contributed by atoms with E-state index in [1.54, 1.807) is 30.5 Å². The Kier molecular flexibility index (Phi) is 8.73. The number of halogens is 4. The molecule has 4 nitrogen and oxygen atoms in total. The minimum atomic E-state index is 0.338. The minimum absolute atomic E-state index is 0.338. The second kappa shape index (κ2) is 11.5. The lowest BCUT2D eigenvalue weighted by Gasteiger charge is -2.14. The Morgan fingerprint density at radius 1 is 0.903 bits per heavy atom. The SMILES string of the molecule is CCOc1cc(/C=N\NCc2c(Cl)cccc2Cl)cc(Cl)c1OCc1ccc(Cl)cc1. The van der Waals surface area contributed by atoms with Gasteiger partial charge in [-0.1, -0.05) is 64.6 Å². The van der Waals surface area contributed by atoms with Crippen molar-refractivity contribution in [2.45, 2.75) is 20.1 Å². The van der Waals surface area contributed by atoms with Crippen LogP contribution in [0.25, 0.3) is 0 Å². The number of nitrogens with zero attached hydrogens (tertiary/aromatic N) is 1. The summed E-state index contributed by atoms with van der Waals surface area (Å²) >= 11 is 24.7. The van der Waals surface area contributed by atoms with Crippen molar-refractivity contribution in [1.82, 2.24) is 5.43 Å². The van der Waals surface area contributed by atoms with Crippen LogP contribution in [0.1, 0.15) is 23.6 Å². The van der Waals surface area contributed by atoms with E-state index >= 15 is 0 Å². The van der Waals surface area contributed by atoms with Crippen molar-refractivity contribution >= 4 is 52.6 Å². The van der Waals surface area contributed by atoms with Gasteiger partial charge in [-0.15, -0.1) is 0 Å². The van der Waals surface area contributed by atoms with Gasteiger partial charge in [0.1, 0.15) is 6.61 Å². The Morgan fingerprint density at radius 3 is 2.29 bits per heavy atom. The molecule has 0 radical (unpaired) electrons. The van der Waals surface area contributed by atoms with E-state index < -0.39 is 0 Å². The number of ether oxygens (including phenoxy) is 2. The van der Waals surface area contributed by atoms with Crippen molar-refractivity contribution in [3.8, 4) is 11.5 Å². The van der Waals surface area contributed by atoms with Crippen molar-refractivity contribution in [3.63, 3.8) is 0 Å². The Labute approximate surface area is 201 Å². The number of nitrogens with one attached hydrogen (secondary N) is 1. The molecule has 3 aromatic rings. The molecule has 0 saturated carbocycles. The number of rotatable bonds is 9. The van der Waals surface area contributed by atoms with Gasteiger partial charge in [-0.25, -0.2) is 0 Å². The first-order chi connectivity index (χ1) is 15.0. The molecule has 0 heterocycles. The smallest absolute Gasteiger partial charge is 0.180 e. The molecule has 0 fully saturated rings. The van der Waals surface area contributed by atoms with E-state index in [1.807, 2.05) is 37.3 Å². The van der Waals surface area contributed by atoms with Crippen LogP contribution in [-0.2, 0) is 13.2 Å². The highest BCUT2D eigenvalue weighted by Gasteiger charge is 2.13. The van der Waals surface area contributed by atoms with Gasteiger partial charge in [0.15, 0.2) is 11.5 Å². The molecule has 3 aromatic carbocycles. The van der Waals surface area contributed by atoms with Crippen LogP contribution < -0.4 is 14.9 Å². The molecule has 0 aromatic heterocycles. The second-order valence-corrected chi connectivity index (χ2v) is 8.13. The molecule has 1 N–H and O–H groups in total. The standard InChI is InChI=1S/C23H20Cl4N2O2/c1-2-30-22-11-16(12-28-29-13-18-19(25)4-3-5-20(18)26)10-21(27)23(22)31-14-15-6-8-17(24)9-7-15/h3-12,29H,2,13-14H2,1H3/b28-12-. The van der Waals surface area contributed by atoms with Crippen LogP contribution in [0.5, 0.6) is 11.5 Å². The fourth-order valence-electron chi connectivity index (χ4n) is 2.75. The van der Waals surface area contributed by atoms with E-state index in [2.05, 4.69) is 10.5 Å². The number of benzene rings is 3. The van der Waals surface area contributed by atoms with Gasteiger partial charge in [0.05, 0.1) is 24.4 Å². The molecule has 3 rings (SSSR count). The Bertz CT molecular complexity index is 1040. The summed E-state index contributed by atoms with van der Waals surface area (Å²) < 4.78 is 11.6. The predicted octanol–water partition coefficient (Wildman–Crippen LogP) is 7.40. The molecule has 0 saturated heterocycles. The summed E-state index contributed by atoms with van der Waals surface area (Å²) in [5, 5.41) is 6.50. The zero-order chi connectivity index (χ0) is 22.2. The van der Waals surface area contributed by atoms with E-state index in [0.29, 0.717) is 51.3 Å². The molecule has 0 aliphatic rings. The maximum Gasteiger partial charge on any atom is 0.180 e. The first-order valence-electron chi connectivity index (χ1n) is 9.50.